The van der Waals surface area contributed by atoms with Crippen LogP contribution in [0.15, 0.2) is 76.9 Å². The Morgan fingerprint density at radius 1 is 1.00 bits per heavy atom. The van der Waals surface area contributed by atoms with Gasteiger partial charge in [0.2, 0.25) is 0 Å². The Hall–Kier alpha value is -2.87. The number of hydrogen-bond donors (Lipinski definition) is 1. The van der Waals surface area contributed by atoms with Crippen LogP contribution in [0.4, 0.5) is 4.39 Å². The van der Waals surface area contributed by atoms with E-state index in [0.29, 0.717) is 21.5 Å². The highest BCUT2D eigenvalue weighted by molar-refractivity contribution is 7.98. The Labute approximate surface area is 216 Å². The minimum absolute atomic E-state index is 0.315. The van der Waals surface area contributed by atoms with E-state index in [9.17, 15) is 4.39 Å². The largest absolute Gasteiger partial charge is 0.349 e. The summed E-state index contributed by atoms with van der Waals surface area (Å²) >= 11 is 8.71. The van der Waals surface area contributed by atoms with Crippen molar-refractivity contribution in [1.82, 2.24) is 19.3 Å². The third kappa shape index (κ3) is 4.68. The second kappa shape index (κ2) is 10.0. The third-order valence-corrected chi connectivity index (χ3v) is 8.23. The molecule has 4 nitrogen and oxygen atoms in total. The molecule has 0 unspecified atom stereocenters. The predicted octanol–water partition coefficient (Wildman–Crippen LogP) is 7.14. The second-order valence-electron chi connectivity index (χ2n) is 8.31. The normalized spacial score (nSPS) is 11.9. The topological polar surface area (TPSA) is 35.6 Å². The van der Waals surface area contributed by atoms with Crippen molar-refractivity contribution in [3.63, 3.8) is 0 Å². The van der Waals surface area contributed by atoms with E-state index in [1.807, 2.05) is 6.07 Å². The Kier molecular flexibility index (Phi) is 6.82. The summed E-state index contributed by atoms with van der Waals surface area (Å²) in [6.07, 6.45) is 2.15. The number of halogens is 2. The Morgan fingerprint density at radius 2 is 1.74 bits per heavy atom. The number of aromatic nitrogens is 4. The van der Waals surface area contributed by atoms with Crippen LogP contribution in [0.3, 0.4) is 0 Å². The standard InChI is InChI=1S/C27H24ClFN4S2/c1-17-8-6-9-18(2)26(17)33-25(16-34-24-14-32(3)23-13-5-4-10-19(23)24)30-31-27(33)35-15-20-21(28)11-7-12-22(20)29/h4-14,16,34H,15H2,1-3H3. The van der Waals surface area contributed by atoms with E-state index in [0.717, 1.165) is 34.0 Å². The first-order chi connectivity index (χ1) is 16.9. The van der Waals surface area contributed by atoms with Crippen molar-refractivity contribution in [3.05, 3.63) is 100 Å². The molecular weight excluding hydrogens is 499 g/mol. The number of fused-ring (bicyclic) bond motifs is 1. The van der Waals surface area contributed by atoms with Crippen LogP contribution < -0.4 is 0 Å². The summed E-state index contributed by atoms with van der Waals surface area (Å²) in [7, 11) is 2.06. The molecule has 0 aliphatic rings. The van der Waals surface area contributed by atoms with E-state index in [1.165, 1.54) is 33.6 Å². The summed E-state index contributed by atoms with van der Waals surface area (Å²) in [4.78, 5) is 1.20. The number of benzene rings is 3. The van der Waals surface area contributed by atoms with Crippen molar-refractivity contribution < 1.29 is 4.39 Å². The first-order valence-corrected chi connectivity index (χ1v) is 13.4. The zero-order chi connectivity index (χ0) is 24.5. The molecular formula is C27H24ClFN4S2. The predicted molar refractivity (Wildman–Crippen MR) is 147 cm³/mol. The molecule has 0 fully saturated rings. The van der Waals surface area contributed by atoms with Crippen LogP contribution in [-0.2, 0) is 12.8 Å². The van der Waals surface area contributed by atoms with Crippen LogP contribution >= 0.6 is 34.7 Å². The molecule has 2 heterocycles. The number of nitrogens with zero attached hydrogens (tertiary/aromatic N) is 4. The van der Waals surface area contributed by atoms with Gasteiger partial charge in [0.15, 0.2) is 11.0 Å². The number of rotatable bonds is 6. The van der Waals surface area contributed by atoms with Crippen LogP contribution in [0.25, 0.3) is 16.6 Å². The van der Waals surface area contributed by atoms with E-state index in [-0.39, 0.29) is 5.82 Å². The van der Waals surface area contributed by atoms with E-state index in [2.05, 4.69) is 88.2 Å². The van der Waals surface area contributed by atoms with Gasteiger partial charge in [0.1, 0.15) is 5.82 Å². The van der Waals surface area contributed by atoms with Gasteiger partial charge in [0, 0.05) is 50.7 Å². The van der Waals surface area contributed by atoms with Crippen LogP contribution in [0.2, 0.25) is 5.02 Å². The lowest BCUT2D eigenvalue weighted by Gasteiger charge is -2.14. The summed E-state index contributed by atoms with van der Waals surface area (Å²) in [5.41, 5.74) is 4.94. The fourth-order valence-corrected chi connectivity index (χ4v) is 6.46. The van der Waals surface area contributed by atoms with Gasteiger partial charge < -0.3 is 4.57 Å². The average molecular weight is 523 g/mol. The molecule has 5 rings (SSSR count). The van der Waals surface area contributed by atoms with E-state index < -0.39 is 0 Å². The molecule has 0 amide bonds. The van der Waals surface area contributed by atoms with E-state index in [4.69, 9.17) is 11.6 Å². The summed E-state index contributed by atoms with van der Waals surface area (Å²) < 4.78 is 18.6. The van der Waals surface area contributed by atoms with Gasteiger partial charge in [0.25, 0.3) is 0 Å². The fraction of sp³-hybridized carbons (Fsp3) is 0.148. The molecule has 0 aliphatic carbocycles. The number of para-hydroxylation sites is 2. The number of thiol groups is 1. The number of thioether (sulfide) groups is 1. The van der Waals surface area contributed by atoms with Gasteiger partial charge >= 0.3 is 0 Å². The van der Waals surface area contributed by atoms with Crippen molar-refractivity contribution in [3.8, 4) is 5.69 Å². The molecule has 178 valence electrons. The fourth-order valence-electron chi connectivity index (χ4n) is 4.18. The molecule has 5 aromatic rings. The third-order valence-electron chi connectivity index (χ3n) is 5.92. The van der Waals surface area contributed by atoms with Gasteiger partial charge in [0.05, 0.1) is 5.69 Å². The lowest BCUT2D eigenvalue weighted by molar-refractivity contribution is 0.617. The highest BCUT2D eigenvalue weighted by atomic mass is 35.5. The average Bonchev–Trinajstić information content (AvgIpc) is 3.38. The maximum absolute atomic E-state index is 14.4. The summed E-state index contributed by atoms with van der Waals surface area (Å²) in [6, 6.07) is 19.3. The molecule has 0 atom stereocenters. The van der Waals surface area contributed by atoms with Gasteiger partial charge in [-0.3, -0.25) is 4.57 Å². The van der Waals surface area contributed by atoms with Gasteiger partial charge in [-0.05, 0) is 43.2 Å². The molecule has 0 aliphatic heterocycles. The summed E-state index contributed by atoms with van der Waals surface area (Å²) in [5.74, 6) is 0.791. The molecule has 0 saturated carbocycles. The van der Waals surface area contributed by atoms with Crippen LogP contribution in [0.5, 0.6) is 0 Å². The van der Waals surface area contributed by atoms with Crippen LogP contribution in [0.1, 0.15) is 22.5 Å². The summed E-state index contributed by atoms with van der Waals surface area (Å²) in [6.45, 7) is 4.16. The smallest absolute Gasteiger partial charge is 0.196 e. The molecule has 0 saturated heterocycles. The molecule has 0 radical (unpaired) electrons. The Morgan fingerprint density at radius 3 is 2.51 bits per heavy atom. The first kappa shape index (κ1) is 23.9. The molecule has 0 spiro atoms. The van der Waals surface area contributed by atoms with Crippen molar-refractivity contribution in [2.45, 2.75) is 29.7 Å². The zero-order valence-corrected chi connectivity index (χ0v) is 22.0. The van der Waals surface area contributed by atoms with Crippen molar-refractivity contribution >= 4 is 51.0 Å². The number of aryl methyl sites for hydroxylation is 3. The number of hydrogen-bond acceptors (Lipinski definition) is 3. The molecule has 3 aromatic carbocycles. The SMILES string of the molecule is Cc1cccc(C)c1-n1c(C=[SH]c2cn(C)c3ccccc23)nnc1SCc1c(F)cccc1Cl. The highest BCUT2D eigenvalue weighted by Gasteiger charge is 2.18. The van der Waals surface area contributed by atoms with Crippen LogP contribution in [0, 0.1) is 19.7 Å². The second-order valence-corrected chi connectivity index (χ2v) is 10.7. The summed E-state index contributed by atoms with van der Waals surface area (Å²) in [5, 5.41) is 13.4. The van der Waals surface area contributed by atoms with Gasteiger partial charge in [-0.25, -0.2) is 4.39 Å². The molecule has 0 N–H and O–H groups in total. The monoisotopic (exact) mass is 522 g/mol. The first-order valence-electron chi connectivity index (χ1n) is 11.1. The Bertz CT molecular complexity index is 1530. The van der Waals surface area contributed by atoms with Gasteiger partial charge in [-0.15, -0.1) is 10.2 Å². The molecule has 2 aromatic heterocycles. The van der Waals surface area contributed by atoms with E-state index >= 15 is 0 Å². The highest BCUT2D eigenvalue weighted by Crippen LogP contribution is 2.32. The van der Waals surface area contributed by atoms with E-state index in [1.54, 1.807) is 12.1 Å². The molecule has 0 bridgehead atoms. The minimum atomic E-state index is -0.315. The van der Waals surface area contributed by atoms with Crippen LogP contribution in [-0.4, -0.2) is 24.7 Å². The van der Waals surface area contributed by atoms with Gasteiger partial charge in [-0.1, -0.05) is 65.8 Å². The molecule has 35 heavy (non-hydrogen) atoms. The zero-order valence-electron chi connectivity index (χ0n) is 19.5. The van der Waals surface area contributed by atoms with Crippen molar-refractivity contribution in [2.24, 2.45) is 7.05 Å². The Balaban J connectivity index is 1.58. The maximum Gasteiger partial charge on any atom is 0.196 e. The van der Waals surface area contributed by atoms with Crippen molar-refractivity contribution in [2.75, 3.05) is 0 Å². The quantitative estimate of drug-likeness (QED) is 0.146. The lowest BCUT2D eigenvalue weighted by atomic mass is 10.1. The molecule has 8 heteroatoms. The van der Waals surface area contributed by atoms with Crippen molar-refractivity contribution in [1.29, 1.82) is 0 Å². The lowest BCUT2D eigenvalue weighted by Crippen LogP contribution is -2.06. The van der Waals surface area contributed by atoms with Gasteiger partial charge in [-0.2, -0.15) is 11.4 Å². The minimum Gasteiger partial charge on any atom is -0.349 e. The maximum atomic E-state index is 14.4.